The van der Waals surface area contributed by atoms with Crippen LogP contribution >= 0.6 is 23.2 Å². The van der Waals surface area contributed by atoms with E-state index in [-0.39, 0.29) is 28.8 Å². The largest absolute Gasteiger partial charge is 0.478 e. The number of ether oxygens (including phenoxy) is 3. The molecule has 0 bridgehead atoms. The van der Waals surface area contributed by atoms with Crippen LogP contribution in [0.3, 0.4) is 0 Å². The lowest BCUT2D eigenvalue weighted by Gasteiger charge is -2.18. The highest BCUT2D eigenvalue weighted by molar-refractivity contribution is 6.43. The number of hydrogen-bond donors (Lipinski definition) is 2. The van der Waals surface area contributed by atoms with Crippen LogP contribution in [0, 0.1) is 0 Å². The predicted molar refractivity (Wildman–Crippen MR) is 109 cm³/mol. The van der Waals surface area contributed by atoms with Crippen LogP contribution in [0.1, 0.15) is 55.3 Å². The summed E-state index contributed by atoms with van der Waals surface area (Å²) in [4.78, 5) is 48.2. The van der Waals surface area contributed by atoms with E-state index in [1.165, 1.54) is 13.0 Å². The van der Waals surface area contributed by atoms with Gasteiger partial charge in [-0.05, 0) is 32.0 Å². The van der Waals surface area contributed by atoms with E-state index in [0.717, 1.165) is 18.2 Å². The molecule has 9 nitrogen and oxygen atoms in total. The lowest BCUT2D eigenvalue weighted by molar-refractivity contribution is 0.0476. The molecule has 0 aliphatic carbocycles. The van der Waals surface area contributed by atoms with Crippen molar-refractivity contribution in [2.75, 3.05) is 13.2 Å². The van der Waals surface area contributed by atoms with Gasteiger partial charge >= 0.3 is 23.9 Å². The van der Waals surface area contributed by atoms with Gasteiger partial charge in [-0.15, -0.1) is 0 Å². The maximum absolute atomic E-state index is 12.6. The average Bonchev–Trinajstić information content (AvgIpc) is 2.70. The molecule has 2 aromatic carbocycles. The van der Waals surface area contributed by atoms with Crippen LogP contribution in [0.15, 0.2) is 24.3 Å². The van der Waals surface area contributed by atoms with Gasteiger partial charge in [-0.1, -0.05) is 29.3 Å². The van der Waals surface area contributed by atoms with Crippen molar-refractivity contribution in [1.82, 2.24) is 0 Å². The monoisotopic (exact) mass is 470 g/mol. The Bertz CT molecular complexity index is 1060. The van der Waals surface area contributed by atoms with E-state index in [4.69, 9.17) is 37.4 Å². The van der Waals surface area contributed by atoms with Gasteiger partial charge in [0.2, 0.25) is 0 Å². The second-order valence-corrected chi connectivity index (χ2v) is 6.54. The van der Waals surface area contributed by atoms with E-state index in [9.17, 15) is 29.4 Å². The zero-order valence-electron chi connectivity index (χ0n) is 16.2. The molecule has 0 amide bonds. The standard InChI is InChI=1S/C20H16Cl2O9/c1-3-29-19(27)10-8-11(21)15(22)16(14(10)20(28)30-4-2)31-12-7-5-6-9(17(23)24)13(12)18(25)26/h5-8H,3-4H2,1-2H3,(H,23,24)(H,25,26). The van der Waals surface area contributed by atoms with Gasteiger partial charge in [0.25, 0.3) is 0 Å². The van der Waals surface area contributed by atoms with E-state index in [0.29, 0.717) is 0 Å². The Morgan fingerprint density at radius 1 is 0.871 bits per heavy atom. The first kappa shape index (κ1) is 24.0. The number of esters is 2. The van der Waals surface area contributed by atoms with Crippen LogP contribution in [0.4, 0.5) is 0 Å². The third-order valence-electron chi connectivity index (χ3n) is 3.83. The number of rotatable bonds is 8. The molecular formula is C20H16Cl2O9. The first-order valence-corrected chi connectivity index (χ1v) is 9.53. The second-order valence-electron chi connectivity index (χ2n) is 5.76. The Morgan fingerprint density at radius 3 is 2.03 bits per heavy atom. The zero-order valence-corrected chi connectivity index (χ0v) is 17.7. The van der Waals surface area contributed by atoms with Gasteiger partial charge in [-0.3, -0.25) is 0 Å². The molecule has 0 aliphatic rings. The Morgan fingerprint density at radius 2 is 1.48 bits per heavy atom. The SMILES string of the molecule is CCOC(=O)c1cc(Cl)c(Cl)c(Oc2cccc(C(=O)O)c2C(=O)O)c1C(=O)OCC. The fourth-order valence-corrected chi connectivity index (χ4v) is 2.98. The van der Waals surface area contributed by atoms with Crippen molar-refractivity contribution in [3.8, 4) is 11.5 Å². The van der Waals surface area contributed by atoms with E-state index < -0.39 is 52.1 Å². The Balaban J connectivity index is 2.81. The summed E-state index contributed by atoms with van der Waals surface area (Å²) in [6, 6.07) is 4.55. The number of halogens is 2. The Labute approximate surface area is 186 Å². The topological polar surface area (TPSA) is 136 Å². The number of carboxylic acid groups (broad SMARTS) is 2. The number of carbonyl (C=O) groups is 4. The van der Waals surface area contributed by atoms with E-state index >= 15 is 0 Å². The second kappa shape index (κ2) is 10.1. The summed E-state index contributed by atoms with van der Waals surface area (Å²) in [6.07, 6.45) is 0. The normalized spacial score (nSPS) is 10.3. The molecule has 164 valence electrons. The van der Waals surface area contributed by atoms with Crippen LogP contribution in [0.5, 0.6) is 11.5 Å². The fraction of sp³-hybridized carbons (Fsp3) is 0.200. The minimum atomic E-state index is -1.60. The summed E-state index contributed by atoms with van der Waals surface area (Å²) < 4.78 is 15.5. The number of aromatic carboxylic acids is 2. The Kier molecular flexibility index (Phi) is 7.84. The van der Waals surface area contributed by atoms with Crippen molar-refractivity contribution in [3.63, 3.8) is 0 Å². The molecule has 0 unspecified atom stereocenters. The van der Waals surface area contributed by atoms with Crippen molar-refractivity contribution >= 4 is 47.1 Å². The Hall–Kier alpha value is -3.30. The summed E-state index contributed by atoms with van der Waals surface area (Å²) in [5.74, 6) is -5.98. The minimum absolute atomic E-state index is 0.0125. The van der Waals surface area contributed by atoms with Gasteiger partial charge in [0, 0.05) is 0 Å². The average molecular weight is 471 g/mol. The quantitative estimate of drug-likeness (QED) is 0.532. The van der Waals surface area contributed by atoms with Crippen LogP contribution < -0.4 is 4.74 Å². The van der Waals surface area contributed by atoms with Crippen molar-refractivity contribution in [2.24, 2.45) is 0 Å². The van der Waals surface area contributed by atoms with E-state index in [2.05, 4.69) is 0 Å². The van der Waals surface area contributed by atoms with Crippen LogP contribution in [0.25, 0.3) is 0 Å². The molecule has 0 aromatic heterocycles. The molecular weight excluding hydrogens is 455 g/mol. The summed E-state index contributed by atoms with van der Waals surface area (Å²) in [5, 5.41) is 18.3. The molecule has 31 heavy (non-hydrogen) atoms. The zero-order chi connectivity index (χ0) is 23.3. The van der Waals surface area contributed by atoms with Gasteiger partial charge in [-0.25, -0.2) is 19.2 Å². The summed E-state index contributed by atoms with van der Waals surface area (Å²) >= 11 is 12.3. The highest BCUT2D eigenvalue weighted by atomic mass is 35.5. The lowest BCUT2D eigenvalue weighted by Crippen LogP contribution is -2.16. The van der Waals surface area contributed by atoms with E-state index in [1.54, 1.807) is 6.92 Å². The third kappa shape index (κ3) is 5.07. The molecule has 2 rings (SSSR count). The first-order valence-electron chi connectivity index (χ1n) is 8.77. The minimum Gasteiger partial charge on any atom is -0.478 e. The summed E-state index contributed by atoms with van der Waals surface area (Å²) in [7, 11) is 0. The maximum atomic E-state index is 12.6. The van der Waals surface area contributed by atoms with E-state index in [1.807, 2.05) is 0 Å². The molecule has 0 saturated carbocycles. The molecule has 2 aromatic rings. The first-order chi connectivity index (χ1) is 14.6. The summed E-state index contributed by atoms with van der Waals surface area (Å²) in [6.45, 7) is 3.00. The molecule has 11 heteroatoms. The smallest absolute Gasteiger partial charge is 0.342 e. The number of benzene rings is 2. The van der Waals surface area contributed by atoms with Crippen LogP contribution in [-0.2, 0) is 9.47 Å². The molecule has 0 aliphatic heterocycles. The van der Waals surface area contributed by atoms with Gasteiger partial charge in [0.05, 0.1) is 29.4 Å². The third-order valence-corrected chi connectivity index (χ3v) is 4.60. The molecule has 0 heterocycles. The highest BCUT2D eigenvalue weighted by Gasteiger charge is 2.30. The predicted octanol–water partition coefficient (Wildman–Crippen LogP) is 4.54. The van der Waals surface area contributed by atoms with Crippen molar-refractivity contribution in [2.45, 2.75) is 13.8 Å². The van der Waals surface area contributed by atoms with Gasteiger partial charge in [-0.2, -0.15) is 0 Å². The molecule has 0 fully saturated rings. The van der Waals surface area contributed by atoms with Crippen molar-refractivity contribution in [3.05, 3.63) is 56.6 Å². The molecule has 0 spiro atoms. The van der Waals surface area contributed by atoms with Crippen molar-refractivity contribution in [1.29, 1.82) is 0 Å². The molecule has 0 atom stereocenters. The highest BCUT2D eigenvalue weighted by Crippen LogP contribution is 2.42. The van der Waals surface area contributed by atoms with Crippen molar-refractivity contribution < 1.29 is 43.6 Å². The lowest BCUT2D eigenvalue weighted by atomic mass is 10.0. The molecule has 0 saturated heterocycles. The molecule has 0 radical (unpaired) electrons. The maximum Gasteiger partial charge on any atom is 0.342 e. The van der Waals surface area contributed by atoms with Crippen LogP contribution in [0.2, 0.25) is 10.0 Å². The number of carbonyl (C=O) groups excluding carboxylic acids is 2. The summed E-state index contributed by atoms with van der Waals surface area (Å²) in [5.41, 5.74) is -2.03. The van der Waals surface area contributed by atoms with Gasteiger partial charge in [0.1, 0.15) is 21.9 Å². The number of carboxylic acids is 2. The fourth-order valence-electron chi connectivity index (χ4n) is 2.60. The van der Waals surface area contributed by atoms with Gasteiger partial charge in [0.15, 0.2) is 5.75 Å². The van der Waals surface area contributed by atoms with Gasteiger partial charge < -0.3 is 24.4 Å². The van der Waals surface area contributed by atoms with Crippen LogP contribution in [-0.4, -0.2) is 47.3 Å². The number of hydrogen-bond acceptors (Lipinski definition) is 7. The molecule has 2 N–H and O–H groups in total.